The standard InChI is InChI=1S/C15H16FNO3S/c1-11(2)20-15-6-4-3-5-14(15)17-21(18,19)13-9-7-12(16)8-10-13/h3-11,17H,1-2H3. The number of hydrogen-bond acceptors (Lipinski definition) is 3. The fraction of sp³-hybridized carbons (Fsp3) is 0.200. The molecule has 0 aliphatic carbocycles. The summed E-state index contributed by atoms with van der Waals surface area (Å²) >= 11 is 0. The van der Waals surface area contributed by atoms with Gasteiger partial charge in [-0.05, 0) is 50.2 Å². The van der Waals surface area contributed by atoms with E-state index in [0.29, 0.717) is 11.4 Å². The Balaban J connectivity index is 2.30. The summed E-state index contributed by atoms with van der Waals surface area (Å²) in [4.78, 5) is -0.0109. The van der Waals surface area contributed by atoms with E-state index in [1.165, 1.54) is 12.1 Å². The minimum atomic E-state index is -3.79. The van der Waals surface area contributed by atoms with Gasteiger partial charge in [-0.2, -0.15) is 0 Å². The SMILES string of the molecule is CC(C)Oc1ccccc1NS(=O)(=O)c1ccc(F)cc1. The molecule has 0 heterocycles. The number of hydrogen-bond donors (Lipinski definition) is 1. The molecule has 0 aromatic heterocycles. The van der Waals surface area contributed by atoms with Gasteiger partial charge in [-0.25, -0.2) is 12.8 Å². The zero-order valence-corrected chi connectivity index (χ0v) is 12.5. The van der Waals surface area contributed by atoms with Crippen molar-refractivity contribution in [3.63, 3.8) is 0 Å². The van der Waals surface area contributed by atoms with E-state index in [1.807, 2.05) is 13.8 Å². The summed E-state index contributed by atoms with van der Waals surface area (Å²) in [6.45, 7) is 3.70. The second kappa shape index (κ2) is 6.13. The number of anilines is 1. The molecule has 0 saturated heterocycles. The third-order valence-electron chi connectivity index (χ3n) is 2.62. The van der Waals surface area contributed by atoms with Gasteiger partial charge in [0.2, 0.25) is 0 Å². The van der Waals surface area contributed by atoms with Crippen LogP contribution in [0.4, 0.5) is 10.1 Å². The van der Waals surface area contributed by atoms with Gasteiger partial charge >= 0.3 is 0 Å². The van der Waals surface area contributed by atoms with Crippen molar-refractivity contribution in [1.29, 1.82) is 0 Å². The van der Waals surface area contributed by atoms with Crippen molar-refractivity contribution in [3.8, 4) is 5.75 Å². The van der Waals surface area contributed by atoms with Crippen molar-refractivity contribution in [2.24, 2.45) is 0 Å². The number of ether oxygens (including phenoxy) is 1. The first-order chi connectivity index (χ1) is 9.88. The van der Waals surface area contributed by atoms with Gasteiger partial charge in [0.1, 0.15) is 11.6 Å². The quantitative estimate of drug-likeness (QED) is 0.921. The zero-order chi connectivity index (χ0) is 15.5. The number of para-hydroxylation sites is 2. The zero-order valence-electron chi connectivity index (χ0n) is 11.7. The van der Waals surface area contributed by atoms with Gasteiger partial charge in [0, 0.05) is 0 Å². The summed E-state index contributed by atoms with van der Waals surface area (Å²) in [5.41, 5.74) is 0.343. The van der Waals surface area contributed by atoms with Gasteiger partial charge < -0.3 is 4.74 Å². The topological polar surface area (TPSA) is 55.4 Å². The first kappa shape index (κ1) is 15.3. The van der Waals surface area contributed by atoms with Gasteiger partial charge in [-0.3, -0.25) is 4.72 Å². The van der Waals surface area contributed by atoms with E-state index < -0.39 is 15.8 Å². The molecule has 0 atom stereocenters. The van der Waals surface area contributed by atoms with Gasteiger partial charge in [0.05, 0.1) is 16.7 Å². The number of rotatable bonds is 5. The van der Waals surface area contributed by atoms with Crippen LogP contribution in [0.1, 0.15) is 13.8 Å². The van der Waals surface area contributed by atoms with Crippen molar-refractivity contribution >= 4 is 15.7 Å². The predicted octanol–water partition coefficient (Wildman–Crippen LogP) is 3.41. The van der Waals surface area contributed by atoms with Crippen LogP contribution in [0.25, 0.3) is 0 Å². The Morgan fingerprint density at radius 3 is 2.29 bits per heavy atom. The molecule has 0 fully saturated rings. The van der Waals surface area contributed by atoms with Crippen molar-refractivity contribution in [2.45, 2.75) is 24.8 Å². The van der Waals surface area contributed by atoms with Crippen molar-refractivity contribution in [2.75, 3.05) is 4.72 Å². The molecule has 2 rings (SSSR count). The largest absolute Gasteiger partial charge is 0.489 e. The number of benzene rings is 2. The van der Waals surface area contributed by atoms with Crippen LogP contribution in [0.15, 0.2) is 53.4 Å². The van der Waals surface area contributed by atoms with Crippen molar-refractivity contribution in [3.05, 3.63) is 54.3 Å². The Morgan fingerprint density at radius 1 is 1.05 bits per heavy atom. The third kappa shape index (κ3) is 3.95. The van der Waals surface area contributed by atoms with Gasteiger partial charge in [0.15, 0.2) is 0 Å². The van der Waals surface area contributed by atoms with Crippen LogP contribution in [-0.2, 0) is 10.0 Å². The van der Waals surface area contributed by atoms with Crippen molar-refractivity contribution in [1.82, 2.24) is 0 Å². The summed E-state index contributed by atoms with van der Waals surface area (Å²) in [6, 6.07) is 11.4. The smallest absolute Gasteiger partial charge is 0.262 e. The predicted molar refractivity (Wildman–Crippen MR) is 79.4 cm³/mol. The molecule has 0 unspecified atom stereocenters. The molecule has 0 amide bonds. The molecule has 1 N–H and O–H groups in total. The van der Waals surface area contributed by atoms with Crippen LogP contribution >= 0.6 is 0 Å². The van der Waals surface area contributed by atoms with E-state index in [1.54, 1.807) is 24.3 Å². The van der Waals surface area contributed by atoms with E-state index in [4.69, 9.17) is 4.74 Å². The average molecular weight is 309 g/mol. The van der Waals surface area contributed by atoms with Crippen LogP contribution < -0.4 is 9.46 Å². The lowest BCUT2D eigenvalue weighted by atomic mass is 10.3. The molecule has 0 spiro atoms. The number of nitrogens with one attached hydrogen (secondary N) is 1. The summed E-state index contributed by atoms with van der Waals surface area (Å²) in [6.07, 6.45) is -0.0820. The first-order valence-electron chi connectivity index (χ1n) is 6.42. The third-order valence-corrected chi connectivity index (χ3v) is 4.00. The summed E-state index contributed by atoms with van der Waals surface area (Å²) < 4.78 is 45.4. The monoisotopic (exact) mass is 309 g/mol. The lowest BCUT2D eigenvalue weighted by Crippen LogP contribution is -2.15. The number of halogens is 1. The molecular formula is C15H16FNO3S. The van der Waals surface area contributed by atoms with Crippen LogP contribution in [0.3, 0.4) is 0 Å². The second-order valence-electron chi connectivity index (χ2n) is 4.72. The molecule has 0 aliphatic heterocycles. The highest BCUT2D eigenvalue weighted by molar-refractivity contribution is 7.92. The summed E-state index contributed by atoms with van der Waals surface area (Å²) in [5, 5.41) is 0. The second-order valence-corrected chi connectivity index (χ2v) is 6.40. The van der Waals surface area contributed by atoms with Gasteiger partial charge in [0.25, 0.3) is 10.0 Å². The molecule has 6 heteroatoms. The molecule has 2 aromatic rings. The van der Waals surface area contributed by atoms with E-state index in [2.05, 4.69) is 4.72 Å². The van der Waals surface area contributed by atoms with Crippen LogP contribution in [0.5, 0.6) is 5.75 Å². The number of sulfonamides is 1. The first-order valence-corrected chi connectivity index (χ1v) is 7.91. The molecule has 0 aliphatic rings. The lowest BCUT2D eigenvalue weighted by Gasteiger charge is -2.15. The normalized spacial score (nSPS) is 11.4. The Labute approximate surface area is 123 Å². The summed E-state index contributed by atoms with van der Waals surface area (Å²) in [7, 11) is -3.79. The van der Waals surface area contributed by atoms with Crippen molar-refractivity contribution < 1.29 is 17.5 Å². The molecular weight excluding hydrogens is 293 g/mol. The fourth-order valence-corrected chi connectivity index (χ4v) is 2.80. The molecule has 112 valence electrons. The van der Waals surface area contributed by atoms with E-state index in [0.717, 1.165) is 12.1 Å². The van der Waals surface area contributed by atoms with Crippen LogP contribution in [0, 0.1) is 5.82 Å². The minimum Gasteiger partial charge on any atom is -0.489 e. The molecule has 0 bridgehead atoms. The molecule has 0 radical (unpaired) electrons. The Kier molecular flexibility index (Phi) is 4.47. The van der Waals surface area contributed by atoms with Crippen LogP contribution in [-0.4, -0.2) is 14.5 Å². The van der Waals surface area contributed by atoms with Crippen LogP contribution in [0.2, 0.25) is 0 Å². The fourth-order valence-electron chi connectivity index (χ4n) is 1.73. The molecule has 2 aromatic carbocycles. The van der Waals surface area contributed by atoms with Gasteiger partial charge in [-0.1, -0.05) is 12.1 Å². The Hall–Kier alpha value is -2.08. The maximum Gasteiger partial charge on any atom is 0.262 e. The summed E-state index contributed by atoms with van der Waals surface area (Å²) in [5.74, 6) is -0.0457. The average Bonchev–Trinajstić information content (AvgIpc) is 2.40. The minimum absolute atomic E-state index is 0.0109. The Bertz CT molecular complexity index is 712. The lowest BCUT2D eigenvalue weighted by molar-refractivity contribution is 0.244. The highest BCUT2D eigenvalue weighted by atomic mass is 32.2. The van der Waals surface area contributed by atoms with E-state index in [9.17, 15) is 12.8 Å². The molecule has 21 heavy (non-hydrogen) atoms. The maximum absolute atomic E-state index is 12.9. The molecule has 0 saturated carbocycles. The Morgan fingerprint density at radius 2 is 1.67 bits per heavy atom. The highest BCUT2D eigenvalue weighted by Gasteiger charge is 2.16. The van der Waals surface area contributed by atoms with E-state index in [-0.39, 0.29) is 11.0 Å². The highest BCUT2D eigenvalue weighted by Crippen LogP contribution is 2.27. The van der Waals surface area contributed by atoms with Gasteiger partial charge in [-0.15, -0.1) is 0 Å². The molecule has 4 nitrogen and oxygen atoms in total. The maximum atomic E-state index is 12.9. The van der Waals surface area contributed by atoms with E-state index >= 15 is 0 Å².